The number of para-hydroxylation sites is 1. The highest BCUT2D eigenvalue weighted by Crippen LogP contribution is 2.35. The Morgan fingerprint density at radius 2 is 2.21 bits per heavy atom. The van der Waals surface area contributed by atoms with Crippen molar-refractivity contribution in [1.82, 2.24) is 5.32 Å². The molecule has 1 fully saturated rings. The molecule has 1 aromatic rings. The molecular weight excluding hydrogens is 202 g/mol. The second-order valence-corrected chi connectivity index (χ2v) is 3.58. The molecule has 0 spiro atoms. The van der Waals surface area contributed by atoms with Crippen LogP contribution in [-0.4, -0.2) is 26.3 Å². The Bertz CT molecular complexity index is 326. The molecule has 1 saturated heterocycles. The van der Waals surface area contributed by atoms with Gasteiger partial charge >= 0.3 is 0 Å². The van der Waals surface area contributed by atoms with E-state index in [9.17, 15) is 0 Å². The fourth-order valence-corrected chi connectivity index (χ4v) is 1.55. The van der Waals surface area contributed by atoms with Crippen molar-refractivity contribution < 1.29 is 9.47 Å². The van der Waals surface area contributed by atoms with Crippen LogP contribution in [0.3, 0.4) is 0 Å². The van der Waals surface area contributed by atoms with Gasteiger partial charge in [0.25, 0.3) is 0 Å². The zero-order valence-electron chi connectivity index (χ0n) is 7.92. The molecule has 1 aliphatic heterocycles. The summed E-state index contributed by atoms with van der Waals surface area (Å²) < 4.78 is 10.8. The number of benzene rings is 1. The van der Waals surface area contributed by atoms with E-state index in [1.165, 1.54) is 0 Å². The Morgan fingerprint density at radius 3 is 2.79 bits per heavy atom. The molecule has 1 aromatic carbocycles. The molecule has 2 rings (SSSR count). The Morgan fingerprint density at radius 1 is 1.43 bits per heavy atom. The predicted octanol–water partition coefficient (Wildman–Crippen LogP) is 1.70. The molecule has 1 aliphatic rings. The van der Waals surface area contributed by atoms with Gasteiger partial charge in [0.15, 0.2) is 11.5 Å². The van der Waals surface area contributed by atoms with Crippen molar-refractivity contribution in [3.63, 3.8) is 0 Å². The highest BCUT2D eigenvalue weighted by molar-refractivity contribution is 6.32. The summed E-state index contributed by atoms with van der Waals surface area (Å²) in [6.07, 6.45) is 0.238. The van der Waals surface area contributed by atoms with E-state index >= 15 is 0 Å². The van der Waals surface area contributed by atoms with E-state index in [4.69, 9.17) is 21.1 Å². The Hall–Kier alpha value is -0.930. The van der Waals surface area contributed by atoms with Crippen molar-refractivity contribution in [2.24, 2.45) is 0 Å². The molecule has 0 saturated carbocycles. The fourth-order valence-electron chi connectivity index (χ4n) is 1.31. The number of hydrogen-bond donors (Lipinski definition) is 1. The molecule has 0 aromatic heterocycles. The van der Waals surface area contributed by atoms with E-state index in [1.807, 2.05) is 12.1 Å². The number of hydrogen-bond acceptors (Lipinski definition) is 3. The summed E-state index contributed by atoms with van der Waals surface area (Å²) in [5.74, 6) is 1.33. The van der Waals surface area contributed by atoms with Crippen LogP contribution in [0, 0.1) is 0 Å². The van der Waals surface area contributed by atoms with Gasteiger partial charge < -0.3 is 14.8 Å². The first-order valence-electron chi connectivity index (χ1n) is 4.51. The van der Waals surface area contributed by atoms with Gasteiger partial charge in [-0.15, -0.1) is 0 Å². The van der Waals surface area contributed by atoms with Crippen molar-refractivity contribution in [1.29, 1.82) is 0 Å². The third-order valence-corrected chi connectivity index (χ3v) is 2.47. The number of ether oxygens (including phenoxy) is 2. The predicted molar refractivity (Wildman–Crippen MR) is 55.3 cm³/mol. The van der Waals surface area contributed by atoms with E-state index in [0.29, 0.717) is 16.5 Å². The average Bonchev–Trinajstić information content (AvgIpc) is 2.11. The highest BCUT2D eigenvalue weighted by atomic mass is 35.5. The van der Waals surface area contributed by atoms with Gasteiger partial charge in [-0.25, -0.2) is 0 Å². The lowest BCUT2D eigenvalue weighted by molar-refractivity contribution is 0.137. The zero-order chi connectivity index (χ0) is 9.97. The summed E-state index contributed by atoms with van der Waals surface area (Å²) in [4.78, 5) is 0. The first-order chi connectivity index (χ1) is 6.81. The van der Waals surface area contributed by atoms with Crippen LogP contribution in [0.5, 0.6) is 11.5 Å². The van der Waals surface area contributed by atoms with Gasteiger partial charge in [0.05, 0.1) is 12.1 Å². The van der Waals surface area contributed by atoms with Gasteiger partial charge in [0, 0.05) is 13.1 Å². The summed E-state index contributed by atoms with van der Waals surface area (Å²) in [6, 6.07) is 5.50. The quantitative estimate of drug-likeness (QED) is 0.829. The summed E-state index contributed by atoms with van der Waals surface area (Å²) in [7, 11) is 1.59. The molecule has 0 aliphatic carbocycles. The van der Waals surface area contributed by atoms with Gasteiger partial charge in [-0.3, -0.25) is 0 Å². The summed E-state index contributed by atoms with van der Waals surface area (Å²) in [5, 5.41) is 3.72. The zero-order valence-corrected chi connectivity index (χ0v) is 8.67. The smallest absolute Gasteiger partial charge is 0.179 e. The molecule has 0 bridgehead atoms. The average molecular weight is 214 g/mol. The van der Waals surface area contributed by atoms with E-state index in [1.54, 1.807) is 13.2 Å². The summed E-state index contributed by atoms with van der Waals surface area (Å²) >= 11 is 5.95. The second-order valence-electron chi connectivity index (χ2n) is 3.17. The van der Waals surface area contributed by atoms with Crippen molar-refractivity contribution >= 4 is 11.6 Å². The van der Waals surface area contributed by atoms with Crippen LogP contribution in [0.4, 0.5) is 0 Å². The first-order valence-corrected chi connectivity index (χ1v) is 4.89. The second kappa shape index (κ2) is 4.07. The Balaban J connectivity index is 2.17. The van der Waals surface area contributed by atoms with Crippen LogP contribution in [0.25, 0.3) is 0 Å². The van der Waals surface area contributed by atoms with E-state index in [2.05, 4.69) is 5.32 Å². The first kappa shape index (κ1) is 9.62. The molecule has 1 heterocycles. The number of methoxy groups -OCH3 is 1. The molecule has 76 valence electrons. The number of halogens is 1. The van der Waals surface area contributed by atoms with Crippen LogP contribution in [-0.2, 0) is 0 Å². The van der Waals surface area contributed by atoms with Gasteiger partial charge in [-0.1, -0.05) is 17.7 Å². The number of rotatable bonds is 3. The standard InChI is InChI=1S/C10H12ClNO2/c1-13-10-8(11)3-2-4-9(10)14-7-5-12-6-7/h2-4,7,12H,5-6H2,1H3. The lowest BCUT2D eigenvalue weighted by Gasteiger charge is -2.28. The molecule has 0 atom stereocenters. The fraction of sp³-hybridized carbons (Fsp3) is 0.400. The van der Waals surface area contributed by atoms with E-state index in [0.717, 1.165) is 13.1 Å². The van der Waals surface area contributed by atoms with Crippen LogP contribution >= 0.6 is 11.6 Å². The van der Waals surface area contributed by atoms with Crippen LogP contribution < -0.4 is 14.8 Å². The molecule has 0 unspecified atom stereocenters. The molecule has 1 N–H and O–H groups in total. The van der Waals surface area contributed by atoms with Crippen LogP contribution in [0.1, 0.15) is 0 Å². The Kier molecular flexibility index (Phi) is 2.79. The van der Waals surface area contributed by atoms with Crippen molar-refractivity contribution in [3.05, 3.63) is 23.2 Å². The van der Waals surface area contributed by atoms with Gasteiger partial charge in [-0.05, 0) is 12.1 Å². The molecule has 0 radical (unpaired) electrons. The summed E-state index contributed by atoms with van der Waals surface area (Å²) in [6.45, 7) is 1.77. The molecule has 3 nitrogen and oxygen atoms in total. The molecule has 0 amide bonds. The van der Waals surface area contributed by atoms with Crippen molar-refractivity contribution in [3.8, 4) is 11.5 Å². The normalized spacial score (nSPS) is 16.1. The van der Waals surface area contributed by atoms with Crippen molar-refractivity contribution in [2.45, 2.75) is 6.10 Å². The minimum absolute atomic E-state index is 0.238. The minimum Gasteiger partial charge on any atom is -0.491 e. The number of nitrogens with one attached hydrogen (secondary N) is 1. The van der Waals surface area contributed by atoms with E-state index in [-0.39, 0.29) is 6.10 Å². The maximum atomic E-state index is 5.95. The molecule has 4 heteroatoms. The summed E-state index contributed by atoms with van der Waals surface area (Å²) in [5.41, 5.74) is 0. The van der Waals surface area contributed by atoms with Gasteiger partial charge in [-0.2, -0.15) is 0 Å². The van der Waals surface area contributed by atoms with Gasteiger partial charge in [0.1, 0.15) is 6.10 Å². The third-order valence-electron chi connectivity index (χ3n) is 2.17. The minimum atomic E-state index is 0.238. The maximum absolute atomic E-state index is 5.95. The largest absolute Gasteiger partial charge is 0.491 e. The molecular formula is C10H12ClNO2. The lowest BCUT2D eigenvalue weighted by atomic mass is 10.2. The SMILES string of the molecule is COc1c(Cl)cccc1OC1CNC1. The van der Waals surface area contributed by atoms with Crippen LogP contribution in [0.2, 0.25) is 5.02 Å². The third kappa shape index (κ3) is 1.79. The van der Waals surface area contributed by atoms with E-state index < -0.39 is 0 Å². The monoisotopic (exact) mass is 213 g/mol. The van der Waals surface area contributed by atoms with Crippen molar-refractivity contribution in [2.75, 3.05) is 20.2 Å². The maximum Gasteiger partial charge on any atom is 0.179 e. The molecule has 14 heavy (non-hydrogen) atoms. The Labute approximate surface area is 88.0 Å². The topological polar surface area (TPSA) is 30.5 Å². The van der Waals surface area contributed by atoms with Crippen LogP contribution in [0.15, 0.2) is 18.2 Å². The lowest BCUT2D eigenvalue weighted by Crippen LogP contribution is -2.50. The van der Waals surface area contributed by atoms with Gasteiger partial charge in [0.2, 0.25) is 0 Å². The highest BCUT2D eigenvalue weighted by Gasteiger charge is 2.20.